The maximum absolute atomic E-state index is 3.72. The molecule has 4 aromatic carbocycles. The van der Waals surface area contributed by atoms with Crippen molar-refractivity contribution in [3.05, 3.63) is 72.8 Å². The van der Waals surface area contributed by atoms with Crippen LogP contribution in [0.4, 0.5) is 0 Å². The normalized spacial score (nSPS) is 12.2. The number of rotatable bonds is 3. The Morgan fingerprint density at radius 3 is 2.21 bits per heavy atom. The molecule has 2 heterocycles. The zero-order valence-electron chi connectivity index (χ0n) is 16.0. The van der Waals surface area contributed by atoms with Crippen LogP contribution < -0.4 is 0 Å². The van der Waals surface area contributed by atoms with Crippen LogP contribution in [0.2, 0.25) is 0 Å². The molecule has 0 fully saturated rings. The number of hydrogen-bond acceptors (Lipinski definition) is 0. The summed E-state index contributed by atoms with van der Waals surface area (Å²) >= 11 is 0. The number of nitrogens with zero attached hydrogens (tertiary/aromatic N) is 1. The molecule has 2 heteroatoms. The Morgan fingerprint density at radius 1 is 0.714 bits per heavy atom. The average molecular weight is 362 g/mol. The molecule has 6 aromatic rings. The fourth-order valence-electron chi connectivity index (χ4n) is 4.90. The number of fused-ring (bicyclic) bond motifs is 10. The number of para-hydroxylation sites is 2. The molecule has 2 aromatic heterocycles. The Morgan fingerprint density at radius 2 is 1.39 bits per heavy atom. The summed E-state index contributed by atoms with van der Waals surface area (Å²) in [4.78, 5) is 3.72. The molecule has 0 aliphatic rings. The number of H-pyrrole nitrogens is 1. The number of unbranched alkanes of at least 4 members (excludes halogenated alkanes) is 1. The van der Waals surface area contributed by atoms with E-state index in [0.29, 0.717) is 0 Å². The van der Waals surface area contributed by atoms with E-state index in [2.05, 4.69) is 89.3 Å². The minimum atomic E-state index is 1.05. The van der Waals surface area contributed by atoms with E-state index in [0.717, 1.165) is 6.54 Å². The molecule has 0 saturated heterocycles. The number of hydrogen-bond donors (Lipinski definition) is 1. The molecular formula is C26H22N2. The van der Waals surface area contributed by atoms with Gasteiger partial charge in [-0.3, -0.25) is 0 Å². The van der Waals surface area contributed by atoms with Crippen LogP contribution >= 0.6 is 0 Å². The predicted octanol–water partition coefficient (Wildman–Crippen LogP) is 7.38. The highest BCUT2D eigenvalue weighted by Crippen LogP contribution is 2.43. The third-order valence-electron chi connectivity index (χ3n) is 6.11. The van der Waals surface area contributed by atoms with Gasteiger partial charge in [0.05, 0.1) is 11.0 Å². The molecule has 136 valence electrons. The van der Waals surface area contributed by atoms with Crippen LogP contribution in [0.3, 0.4) is 0 Å². The summed E-state index contributed by atoms with van der Waals surface area (Å²) < 4.78 is 2.55. The second-order valence-electron chi connectivity index (χ2n) is 7.71. The van der Waals surface area contributed by atoms with Crippen LogP contribution in [0.15, 0.2) is 72.8 Å². The largest absolute Gasteiger partial charge is 0.354 e. The van der Waals surface area contributed by atoms with Crippen molar-refractivity contribution >= 4 is 54.4 Å². The Bertz CT molecular complexity index is 1500. The van der Waals surface area contributed by atoms with Crippen LogP contribution in [0, 0.1) is 0 Å². The highest BCUT2D eigenvalue weighted by atomic mass is 15.0. The van der Waals surface area contributed by atoms with Gasteiger partial charge in [0.25, 0.3) is 0 Å². The van der Waals surface area contributed by atoms with Crippen LogP contribution in [-0.2, 0) is 6.54 Å². The lowest BCUT2D eigenvalue weighted by Crippen LogP contribution is -1.97. The number of aromatic amines is 1. The van der Waals surface area contributed by atoms with E-state index >= 15 is 0 Å². The van der Waals surface area contributed by atoms with Gasteiger partial charge in [0.1, 0.15) is 0 Å². The SMILES string of the molecule is CCCCn1c2ccccc2c2c3c4ccccc4[nH]c3c3ccccc3c21. The zero-order chi connectivity index (χ0) is 18.7. The van der Waals surface area contributed by atoms with E-state index in [-0.39, 0.29) is 0 Å². The zero-order valence-corrected chi connectivity index (χ0v) is 16.0. The van der Waals surface area contributed by atoms with Gasteiger partial charge in [-0.1, -0.05) is 74.0 Å². The Kier molecular flexibility index (Phi) is 3.30. The highest BCUT2D eigenvalue weighted by Gasteiger charge is 2.19. The number of aryl methyl sites for hydroxylation is 1. The second kappa shape index (κ2) is 5.87. The van der Waals surface area contributed by atoms with E-state index in [1.807, 2.05) is 0 Å². The molecule has 0 saturated carbocycles. The molecule has 0 aliphatic heterocycles. The molecule has 6 rings (SSSR count). The fourth-order valence-corrected chi connectivity index (χ4v) is 4.90. The second-order valence-corrected chi connectivity index (χ2v) is 7.71. The van der Waals surface area contributed by atoms with Gasteiger partial charge in [-0.25, -0.2) is 0 Å². The Balaban J connectivity index is 1.99. The van der Waals surface area contributed by atoms with Crippen LogP contribution in [0.1, 0.15) is 19.8 Å². The first-order valence-electron chi connectivity index (χ1n) is 10.2. The highest BCUT2D eigenvalue weighted by molar-refractivity contribution is 6.36. The van der Waals surface area contributed by atoms with Crippen LogP contribution in [0.5, 0.6) is 0 Å². The van der Waals surface area contributed by atoms with Crippen molar-refractivity contribution in [2.75, 3.05) is 0 Å². The van der Waals surface area contributed by atoms with Crippen molar-refractivity contribution < 1.29 is 0 Å². The lowest BCUT2D eigenvalue weighted by Gasteiger charge is -2.10. The van der Waals surface area contributed by atoms with E-state index < -0.39 is 0 Å². The lowest BCUT2D eigenvalue weighted by molar-refractivity contribution is 0.666. The molecule has 0 bridgehead atoms. The first kappa shape index (κ1) is 15.8. The van der Waals surface area contributed by atoms with Gasteiger partial charge >= 0.3 is 0 Å². The summed E-state index contributed by atoms with van der Waals surface area (Å²) in [6.45, 7) is 3.32. The predicted molar refractivity (Wildman–Crippen MR) is 121 cm³/mol. The number of benzene rings is 4. The molecule has 28 heavy (non-hydrogen) atoms. The summed E-state index contributed by atoms with van der Waals surface area (Å²) in [7, 11) is 0. The van der Waals surface area contributed by atoms with Gasteiger partial charge < -0.3 is 9.55 Å². The first-order chi connectivity index (χ1) is 13.9. The van der Waals surface area contributed by atoms with Crippen LogP contribution in [0.25, 0.3) is 54.4 Å². The van der Waals surface area contributed by atoms with Gasteiger partial charge in [0.2, 0.25) is 0 Å². The molecule has 2 nitrogen and oxygen atoms in total. The van der Waals surface area contributed by atoms with E-state index in [1.54, 1.807) is 0 Å². The molecule has 1 N–H and O–H groups in total. The van der Waals surface area contributed by atoms with Crippen molar-refractivity contribution in [3.63, 3.8) is 0 Å². The third kappa shape index (κ3) is 1.98. The Hall–Kier alpha value is -3.26. The van der Waals surface area contributed by atoms with Gasteiger partial charge in [-0.05, 0) is 18.6 Å². The smallest absolute Gasteiger partial charge is 0.0578 e. The standard InChI is InChI=1S/C26H22N2/c1-2-3-16-28-22-15-9-7-13-20(22)24-23-19-12-6-8-14-21(19)27-25(23)17-10-4-5-11-18(17)26(24)28/h4-15,27H,2-3,16H2,1H3. The van der Waals surface area contributed by atoms with Crippen molar-refractivity contribution in [2.45, 2.75) is 26.3 Å². The van der Waals surface area contributed by atoms with Gasteiger partial charge in [0.15, 0.2) is 0 Å². The van der Waals surface area contributed by atoms with Crippen molar-refractivity contribution in [2.24, 2.45) is 0 Å². The molecule has 0 radical (unpaired) electrons. The molecule has 0 amide bonds. The van der Waals surface area contributed by atoms with E-state index in [4.69, 9.17) is 0 Å². The number of aromatic nitrogens is 2. The summed E-state index contributed by atoms with van der Waals surface area (Å²) in [5.74, 6) is 0. The molecule has 0 aliphatic carbocycles. The molecular weight excluding hydrogens is 340 g/mol. The lowest BCUT2D eigenvalue weighted by atomic mass is 9.99. The van der Waals surface area contributed by atoms with Crippen molar-refractivity contribution in [3.8, 4) is 0 Å². The molecule has 0 spiro atoms. The average Bonchev–Trinajstić information content (AvgIpc) is 3.29. The van der Waals surface area contributed by atoms with Crippen molar-refractivity contribution in [1.29, 1.82) is 0 Å². The summed E-state index contributed by atoms with van der Waals surface area (Å²) in [5.41, 5.74) is 5.18. The van der Waals surface area contributed by atoms with Gasteiger partial charge in [-0.15, -0.1) is 0 Å². The number of nitrogens with one attached hydrogen (secondary N) is 1. The monoisotopic (exact) mass is 362 g/mol. The minimum Gasteiger partial charge on any atom is -0.354 e. The maximum Gasteiger partial charge on any atom is 0.0578 e. The minimum absolute atomic E-state index is 1.05. The fraction of sp³-hybridized carbons (Fsp3) is 0.154. The molecule has 0 atom stereocenters. The van der Waals surface area contributed by atoms with Crippen LogP contribution in [-0.4, -0.2) is 9.55 Å². The topological polar surface area (TPSA) is 20.7 Å². The van der Waals surface area contributed by atoms with Crippen molar-refractivity contribution in [1.82, 2.24) is 9.55 Å². The third-order valence-corrected chi connectivity index (χ3v) is 6.11. The summed E-state index contributed by atoms with van der Waals surface area (Å²) in [6.07, 6.45) is 2.38. The summed E-state index contributed by atoms with van der Waals surface area (Å²) in [6, 6.07) is 26.5. The maximum atomic E-state index is 3.72. The van der Waals surface area contributed by atoms with Gasteiger partial charge in [-0.2, -0.15) is 0 Å². The summed E-state index contributed by atoms with van der Waals surface area (Å²) in [5, 5.41) is 8.06. The Labute approximate surface area is 163 Å². The van der Waals surface area contributed by atoms with Gasteiger partial charge in [0, 0.05) is 49.9 Å². The first-order valence-corrected chi connectivity index (χ1v) is 10.2. The van der Waals surface area contributed by atoms with E-state index in [1.165, 1.54) is 67.2 Å². The van der Waals surface area contributed by atoms with E-state index in [9.17, 15) is 0 Å². The molecule has 0 unspecified atom stereocenters. The quantitative estimate of drug-likeness (QED) is 0.339.